The van der Waals surface area contributed by atoms with E-state index in [4.69, 9.17) is 4.74 Å². The van der Waals surface area contributed by atoms with Gasteiger partial charge in [-0.05, 0) is 48.9 Å². The summed E-state index contributed by atoms with van der Waals surface area (Å²) in [6.07, 6.45) is 2.58. The topological polar surface area (TPSA) is 70.6 Å². The normalized spacial score (nSPS) is 16.7. The van der Waals surface area contributed by atoms with Crippen molar-refractivity contribution in [2.24, 2.45) is 5.41 Å². The Morgan fingerprint density at radius 2 is 2.05 bits per heavy atom. The molecule has 1 fully saturated rings. The summed E-state index contributed by atoms with van der Waals surface area (Å²) in [4.78, 5) is 11.6. The smallest absolute Gasteiger partial charge is 0.314 e. The van der Waals surface area contributed by atoms with Gasteiger partial charge >= 0.3 is 6.03 Å². The second-order valence-electron chi connectivity index (χ2n) is 5.84. The molecular weight excluding hydrogens is 287 g/mol. The lowest BCUT2D eigenvalue weighted by atomic mass is 10.0. The molecule has 122 valence electrons. The van der Waals surface area contributed by atoms with Crippen molar-refractivity contribution in [1.82, 2.24) is 10.6 Å². The predicted molar refractivity (Wildman–Crippen MR) is 81.3 cm³/mol. The average molecular weight is 310 g/mol. The first-order valence-electron chi connectivity index (χ1n) is 7.61. The average Bonchev–Trinajstić information content (AvgIpc) is 3.31. The maximum Gasteiger partial charge on any atom is 0.314 e. The molecule has 0 spiro atoms. The van der Waals surface area contributed by atoms with Gasteiger partial charge in [-0.2, -0.15) is 0 Å². The number of halogens is 1. The van der Waals surface area contributed by atoms with Gasteiger partial charge in [0, 0.05) is 13.1 Å². The Morgan fingerprint density at radius 3 is 2.64 bits per heavy atom. The molecule has 1 atom stereocenters. The van der Waals surface area contributed by atoms with Gasteiger partial charge in [-0.15, -0.1) is 0 Å². The van der Waals surface area contributed by atoms with Gasteiger partial charge in [0.05, 0.1) is 0 Å². The van der Waals surface area contributed by atoms with Crippen molar-refractivity contribution in [3.63, 3.8) is 0 Å². The first kappa shape index (κ1) is 16.5. The van der Waals surface area contributed by atoms with Crippen molar-refractivity contribution in [2.75, 3.05) is 19.7 Å². The van der Waals surface area contributed by atoms with E-state index in [1.54, 1.807) is 0 Å². The van der Waals surface area contributed by atoms with E-state index in [2.05, 4.69) is 17.6 Å². The molecule has 1 saturated carbocycles. The van der Waals surface area contributed by atoms with Crippen molar-refractivity contribution < 1.29 is 19.0 Å². The number of carbonyl (C=O) groups is 1. The zero-order chi connectivity index (χ0) is 16.0. The molecular formula is C16H23FN2O3. The van der Waals surface area contributed by atoms with E-state index < -0.39 is 6.10 Å². The van der Waals surface area contributed by atoms with Gasteiger partial charge in [0.2, 0.25) is 0 Å². The molecule has 2 rings (SSSR count). The summed E-state index contributed by atoms with van der Waals surface area (Å²) in [5.41, 5.74) is 0.293. The van der Waals surface area contributed by atoms with Crippen molar-refractivity contribution in [1.29, 1.82) is 0 Å². The summed E-state index contributed by atoms with van der Waals surface area (Å²) in [6, 6.07) is 5.27. The molecule has 1 aliphatic carbocycles. The quantitative estimate of drug-likeness (QED) is 0.688. The Balaban J connectivity index is 1.59. The lowest BCUT2D eigenvalue weighted by Gasteiger charge is -2.16. The maximum atomic E-state index is 12.7. The number of ether oxygens (including phenoxy) is 1. The van der Waals surface area contributed by atoms with E-state index in [0.717, 1.165) is 19.3 Å². The number of amides is 2. The number of aliphatic hydroxyl groups excluding tert-OH is 1. The second kappa shape index (κ2) is 7.45. The van der Waals surface area contributed by atoms with Crippen LogP contribution < -0.4 is 15.4 Å². The minimum absolute atomic E-state index is 0.0325. The monoisotopic (exact) mass is 310 g/mol. The first-order valence-corrected chi connectivity index (χ1v) is 7.61. The van der Waals surface area contributed by atoms with Crippen LogP contribution in [0.1, 0.15) is 26.2 Å². The molecule has 5 nitrogen and oxygen atoms in total. The molecule has 22 heavy (non-hydrogen) atoms. The van der Waals surface area contributed by atoms with Crippen LogP contribution in [0.5, 0.6) is 5.75 Å². The number of hydrogen-bond donors (Lipinski definition) is 3. The summed E-state index contributed by atoms with van der Waals surface area (Å²) in [5.74, 6) is 0.135. The molecule has 1 unspecified atom stereocenters. The number of urea groups is 1. The van der Waals surface area contributed by atoms with Crippen molar-refractivity contribution in [3.05, 3.63) is 30.1 Å². The first-order chi connectivity index (χ1) is 10.5. The van der Waals surface area contributed by atoms with Crippen LogP contribution in [-0.2, 0) is 0 Å². The van der Waals surface area contributed by atoms with Gasteiger partial charge in [-0.3, -0.25) is 0 Å². The van der Waals surface area contributed by atoms with Crippen LogP contribution in [0.2, 0.25) is 0 Å². The van der Waals surface area contributed by atoms with E-state index >= 15 is 0 Å². The maximum absolute atomic E-state index is 12.7. The van der Waals surface area contributed by atoms with Crippen LogP contribution in [0.25, 0.3) is 0 Å². The SMILES string of the molecule is CCC1(CNC(=O)NCC(O)COc2ccc(F)cc2)CC1. The highest BCUT2D eigenvalue weighted by Crippen LogP contribution is 2.47. The number of carbonyl (C=O) groups excluding carboxylic acids is 1. The van der Waals surface area contributed by atoms with Crippen molar-refractivity contribution in [3.8, 4) is 5.75 Å². The van der Waals surface area contributed by atoms with Crippen LogP contribution >= 0.6 is 0 Å². The Morgan fingerprint density at radius 1 is 1.36 bits per heavy atom. The number of aliphatic hydroxyl groups is 1. The molecule has 0 saturated heterocycles. The third kappa shape index (κ3) is 5.18. The summed E-state index contributed by atoms with van der Waals surface area (Å²) < 4.78 is 18.0. The van der Waals surface area contributed by atoms with Gasteiger partial charge in [-0.1, -0.05) is 6.92 Å². The molecule has 0 heterocycles. The highest BCUT2D eigenvalue weighted by Gasteiger charge is 2.40. The van der Waals surface area contributed by atoms with Crippen LogP contribution in [0.15, 0.2) is 24.3 Å². The molecule has 0 aromatic heterocycles. The Hall–Kier alpha value is -1.82. The predicted octanol–water partition coefficient (Wildman–Crippen LogP) is 2.05. The fourth-order valence-corrected chi connectivity index (χ4v) is 2.16. The molecule has 2 amide bonds. The third-order valence-corrected chi connectivity index (χ3v) is 4.09. The minimum atomic E-state index is -0.822. The molecule has 1 aliphatic rings. The van der Waals surface area contributed by atoms with E-state index in [1.165, 1.54) is 24.3 Å². The van der Waals surface area contributed by atoms with Gasteiger partial charge in [0.25, 0.3) is 0 Å². The summed E-state index contributed by atoms with van der Waals surface area (Å²) in [6.45, 7) is 2.94. The number of hydrogen-bond acceptors (Lipinski definition) is 3. The van der Waals surface area contributed by atoms with Crippen molar-refractivity contribution in [2.45, 2.75) is 32.3 Å². The van der Waals surface area contributed by atoms with Gasteiger partial charge in [0.1, 0.15) is 24.3 Å². The zero-order valence-electron chi connectivity index (χ0n) is 12.8. The van der Waals surface area contributed by atoms with E-state index in [-0.39, 0.29) is 25.0 Å². The lowest BCUT2D eigenvalue weighted by molar-refractivity contribution is 0.107. The van der Waals surface area contributed by atoms with E-state index in [0.29, 0.717) is 17.7 Å². The van der Waals surface area contributed by atoms with Crippen LogP contribution in [-0.4, -0.2) is 36.9 Å². The Kier molecular flexibility index (Phi) is 5.60. The molecule has 6 heteroatoms. The molecule has 0 bridgehead atoms. The third-order valence-electron chi connectivity index (χ3n) is 4.09. The summed E-state index contributed by atoms with van der Waals surface area (Å²) in [5, 5.41) is 15.2. The van der Waals surface area contributed by atoms with Crippen LogP contribution in [0.3, 0.4) is 0 Å². The van der Waals surface area contributed by atoms with Gasteiger partial charge < -0.3 is 20.5 Å². The van der Waals surface area contributed by atoms with Gasteiger partial charge in [0.15, 0.2) is 0 Å². The van der Waals surface area contributed by atoms with Gasteiger partial charge in [-0.25, -0.2) is 9.18 Å². The Bertz CT molecular complexity index is 489. The Labute approximate surface area is 129 Å². The molecule has 0 aliphatic heterocycles. The lowest BCUT2D eigenvalue weighted by Crippen LogP contribution is -2.43. The molecule has 3 N–H and O–H groups in total. The van der Waals surface area contributed by atoms with E-state index in [1.807, 2.05) is 0 Å². The molecule has 1 aromatic carbocycles. The highest BCUT2D eigenvalue weighted by atomic mass is 19.1. The second-order valence-corrected chi connectivity index (χ2v) is 5.84. The number of rotatable bonds is 8. The fourth-order valence-electron chi connectivity index (χ4n) is 2.16. The highest BCUT2D eigenvalue weighted by molar-refractivity contribution is 5.73. The standard InChI is InChI=1S/C16H23FN2O3/c1-2-16(7-8-16)11-19-15(21)18-9-13(20)10-22-14-5-3-12(17)4-6-14/h3-6,13,20H,2,7-11H2,1H3,(H2,18,19,21). The van der Waals surface area contributed by atoms with Crippen LogP contribution in [0, 0.1) is 11.2 Å². The number of benzene rings is 1. The molecule has 1 aromatic rings. The fraction of sp³-hybridized carbons (Fsp3) is 0.562. The van der Waals surface area contributed by atoms with Crippen LogP contribution in [0.4, 0.5) is 9.18 Å². The van der Waals surface area contributed by atoms with E-state index in [9.17, 15) is 14.3 Å². The number of nitrogens with one attached hydrogen (secondary N) is 2. The minimum Gasteiger partial charge on any atom is -0.491 e. The van der Waals surface area contributed by atoms with Crippen molar-refractivity contribution >= 4 is 6.03 Å². The summed E-state index contributed by atoms with van der Waals surface area (Å²) in [7, 11) is 0. The largest absolute Gasteiger partial charge is 0.491 e. The molecule has 0 radical (unpaired) electrons. The summed E-state index contributed by atoms with van der Waals surface area (Å²) >= 11 is 0. The zero-order valence-corrected chi connectivity index (χ0v) is 12.8.